The largest absolute Gasteiger partial charge is 0.493 e. The normalized spacial score (nSPS) is 18.2. The molecule has 196 valence electrons. The molecule has 2 saturated heterocycles. The number of ketones is 1. The average Bonchev–Trinajstić information content (AvgIpc) is 3.47. The Hall–Kier alpha value is -2.46. The molecule has 0 spiro atoms. The summed E-state index contributed by atoms with van der Waals surface area (Å²) in [5.74, 6) is 1.32. The number of methoxy groups -OCH3 is 2. The van der Waals surface area contributed by atoms with E-state index >= 15 is 0 Å². The lowest BCUT2D eigenvalue weighted by Gasteiger charge is -2.35. The van der Waals surface area contributed by atoms with Crippen molar-refractivity contribution in [2.24, 2.45) is 0 Å². The van der Waals surface area contributed by atoms with Crippen LogP contribution in [0.25, 0.3) is 0 Å². The fourth-order valence-electron chi connectivity index (χ4n) is 5.06. The van der Waals surface area contributed by atoms with E-state index in [4.69, 9.17) is 9.47 Å². The molecule has 2 fully saturated rings. The minimum absolute atomic E-state index is 0.0650. The van der Waals surface area contributed by atoms with Crippen molar-refractivity contribution in [3.05, 3.63) is 53.6 Å². The standard InChI is InChI=1S/C27H37N3O5S/c1-34-26-13-10-22(18-27(26)35-2)24(29-14-4-3-5-15-29)19-28-20-25(31)21-8-11-23(12-9-21)36(32,33)30-16-6-7-17-30/h8-13,18,24,28H,3-7,14-17,19-20H2,1-2H3. The maximum absolute atomic E-state index is 12.9. The monoisotopic (exact) mass is 515 g/mol. The number of piperidine rings is 1. The van der Waals surface area contributed by atoms with Crippen molar-refractivity contribution < 1.29 is 22.7 Å². The minimum Gasteiger partial charge on any atom is -0.493 e. The first kappa shape index (κ1) is 26.6. The van der Waals surface area contributed by atoms with Crippen LogP contribution in [-0.4, -0.2) is 76.9 Å². The number of Topliss-reactive ketones (excluding diaryl/α,β-unsaturated/α-hetero) is 1. The van der Waals surface area contributed by atoms with Gasteiger partial charge in [-0.3, -0.25) is 9.69 Å². The van der Waals surface area contributed by atoms with Crippen LogP contribution in [0.3, 0.4) is 0 Å². The summed E-state index contributed by atoms with van der Waals surface area (Å²) < 4.78 is 37.9. The summed E-state index contributed by atoms with van der Waals surface area (Å²) in [4.78, 5) is 15.6. The van der Waals surface area contributed by atoms with E-state index in [1.165, 1.54) is 10.7 Å². The van der Waals surface area contributed by atoms with Crippen molar-refractivity contribution >= 4 is 15.8 Å². The maximum Gasteiger partial charge on any atom is 0.243 e. The zero-order chi connectivity index (χ0) is 25.5. The maximum atomic E-state index is 12.9. The van der Waals surface area contributed by atoms with E-state index in [9.17, 15) is 13.2 Å². The van der Waals surface area contributed by atoms with Crippen LogP contribution in [0.4, 0.5) is 0 Å². The van der Waals surface area contributed by atoms with Crippen molar-refractivity contribution in [1.29, 1.82) is 0 Å². The molecular formula is C27H37N3O5S. The Labute approximate surface area is 214 Å². The summed E-state index contributed by atoms with van der Waals surface area (Å²) in [6.07, 6.45) is 5.35. The van der Waals surface area contributed by atoms with Gasteiger partial charge in [0.15, 0.2) is 17.3 Å². The van der Waals surface area contributed by atoms with Gasteiger partial charge in [-0.15, -0.1) is 0 Å². The van der Waals surface area contributed by atoms with E-state index in [0.29, 0.717) is 36.7 Å². The van der Waals surface area contributed by atoms with Crippen molar-refractivity contribution in [1.82, 2.24) is 14.5 Å². The summed E-state index contributed by atoms with van der Waals surface area (Å²) in [7, 11) is -0.220. The fourth-order valence-corrected chi connectivity index (χ4v) is 6.58. The zero-order valence-electron chi connectivity index (χ0n) is 21.2. The second-order valence-corrected chi connectivity index (χ2v) is 11.4. The van der Waals surface area contributed by atoms with Gasteiger partial charge in [-0.05, 0) is 68.6 Å². The first-order valence-corrected chi connectivity index (χ1v) is 14.2. The third-order valence-electron chi connectivity index (χ3n) is 7.13. The number of sulfonamides is 1. The van der Waals surface area contributed by atoms with Gasteiger partial charge in [-0.25, -0.2) is 8.42 Å². The predicted octanol–water partition coefficient (Wildman–Crippen LogP) is 3.49. The smallest absolute Gasteiger partial charge is 0.243 e. The Kier molecular flexibility index (Phi) is 9.00. The molecule has 8 nitrogen and oxygen atoms in total. The molecule has 0 saturated carbocycles. The number of ether oxygens (including phenoxy) is 2. The molecule has 0 amide bonds. The number of hydrogen-bond acceptors (Lipinski definition) is 7. The van der Waals surface area contributed by atoms with Crippen LogP contribution in [0.2, 0.25) is 0 Å². The Bertz CT molecular complexity index is 1120. The number of likely N-dealkylation sites (tertiary alicyclic amines) is 1. The van der Waals surface area contributed by atoms with E-state index in [-0.39, 0.29) is 23.3 Å². The van der Waals surface area contributed by atoms with Crippen LogP contribution >= 0.6 is 0 Å². The van der Waals surface area contributed by atoms with E-state index in [1.807, 2.05) is 12.1 Å². The molecule has 9 heteroatoms. The number of carbonyl (C=O) groups is 1. The molecule has 2 aromatic carbocycles. The molecule has 0 aliphatic carbocycles. The summed E-state index contributed by atoms with van der Waals surface area (Å²) in [6, 6.07) is 12.4. The molecule has 1 atom stereocenters. The molecule has 1 unspecified atom stereocenters. The van der Waals surface area contributed by atoms with Gasteiger partial charge >= 0.3 is 0 Å². The van der Waals surface area contributed by atoms with Gasteiger partial charge in [0.25, 0.3) is 0 Å². The van der Waals surface area contributed by atoms with Gasteiger partial charge in [-0.1, -0.05) is 24.6 Å². The lowest BCUT2D eigenvalue weighted by atomic mass is 10.0. The highest BCUT2D eigenvalue weighted by Crippen LogP contribution is 2.33. The van der Waals surface area contributed by atoms with Gasteiger partial charge in [0, 0.05) is 31.2 Å². The third kappa shape index (κ3) is 6.08. The van der Waals surface area contributed by atoms with Crippen LogP contribution in [0.5, 0.6) is 11.5 Å². The molecule has 0 bridgehead atoms. The first-order chi connectivity index (χ1) is 17.4. The Morgan fingerprint density at radius 1 is 0.889 bits per heavy atom. The van der Waals surface area contributed by atoms with Crippen molar-refractivity contribution in [3.63, 3.8) is 0 Å². The van der Waals surface area contributed by atoms with Crippen LogP contribution in [0.15, 0.2) is 47.4 Å². The second kappa shape index (κ2) is 12.2. The van der Waals surface area contributed by atoms with Gasteiger partial charge in [0.2, 0.25) is 10.0 Å². The molecule has 1 N–H and O–H groups in total. The van der Waals surface area contributed by atoms with Gasteiger partial charge < -0.3 is 14.8 Å². The summed E-state index contributed by atoms with van der Waals surface area (Å²) >= 11 is 0. The molecule has 0 aromatic heterocycles. The molecule has 2 aliphatic rings. The molecule has 2 aliphatic heterocycles. The number of benzene rings is 2. The van der Waals surface area contributed by atoms with Crippen molar-refractivity contribution in [2.75, 3.05) is 53.5 Å². The molecule has 0 radical (unpaired) electrons. The Morgan fingerprint density at radius 3 is 2.17 bits per heavy atom. The summed E-state index contributed by atoms with van der Waals surface area (Å²) in [5, 5.41) is 3.35. The fraction of sp³-hybridized carbons (Fsp3) is 0.519. The lowest BCUT2D eigenvalue weighted by Crippen LogP contribution is -2.40. The highest BCUT2D eigenvalue weighted by atomic mass is 32.2. The van der Waals surface area contributed by atoms with Gasteiger partial charge in [0.05, 0.1) is 25.7 Å². The first-order valence-electron chi connectivity index (χ1n) is 12.7. The average molecular weight is 516 g/mol. The van der Waals surface area contributed by atoms with E-state index in [0.717, 1.165) is 44.3 Å². The summed E-state index contributed by atoms with van der Waals surface area (Å²) in [5.41, 5.74) is 1.62. The molecular weight excluding hydrogens is 478 g/mol. The minimum atomic E-state index is -3.48. The van der Waals surface area contributed by atoms with Gasteiger partial charge in [-0.2, -0.15) is 4.31 Å². The quantitative estimate of drug-likeness (QED) is 0.459. The zero-order valence-corrected chi connectivity index (χ0v) is 22.1. The third-order valence-corrected chi connectivity index (χ3v) is 9.04. The summed E-state index contributed by atoms with van der Waals surface area (Å²) in [6.45, 7) is 3.94. The molecule has 2 aromatic rings. The molecule has 36 heavy (non-hydrogen) atoms. The van der Waals surface area contributed by atoms with Crippen LogP contribution in [0, 0.1) is 0 Å². The van der Waals surface area contributed by atoms with Crippen LogP contribution in [0.1, 0.15) is 54.1 Å². The van der Waals surface area contributed by atoms with Crippen molar-refractivity contribution in [3.8, 4) is 11.5 Å². The highest BCUT2D eigenvalue weighted by Gasteiger charge is 2.27. The second-order valence-electron chi connectivity index (χ2n) is 9.42. The van der Waals surface area contributed by atoms with Gasteiger partial charge in [0.1, 0.15) is 0 Å². The van der Waals surface area contributed by atoms with Crippen LogP contribution < -0.4 is 14.8 Å². The van der Waals surface area contributed by atoms with E-state index in [1.54, 1.807) is 38.5 Å². The number of nitrogens with zero attached hydrogens (tertiary/aromatic N) is 2. The number of nitrogens with one attached hydrogen (secondary N) is 1. The Balaban J connectivity index is 1.41. The molecule has 4 rings (SSSR count). The van der Waals surface area contributed by atoms with E-state index < -0.39 is 10.0 Å². The van der Waals surface area contributed by atoms with Crippen LogP contribution in [-0.2, 0) is 10.0 Å². The lowest BCUT2D eigenvalue weighted by molar-refractivity contribution is 0.0983. The molecule has 2 heterocycles. The van der Waals surface area contributed by atoms with E-state index in [2.05, 4.69) is 16.3 Å². The topological polar surface area (TPSA) is 88.2 Å². The number of hydrogen-bond donors (Lipinski definition) is 1. The Morgan fingerprint density at radius 2 is 1.53 bits per heavy atom. The SMILES string of the molecule is COc1ccc(C(CNCC(=O)c2ccc(S(=O)(=O)N3CCCC3)cc2)N2CCCCC2)cc1OC. The van der Waals surface area contributed by atoms with Crippen molar-refractivity contribution in [2.45, 2.75) is 43.0 Å². The highest BCUT2D eigenvalue weighted by molar-refractivity contribution is 7.89. The number of rotatable bonds is 11. The number of carbonyl (C=O) groups excluding carboxylic acids is 1. The predicted molar refractivity (Wildman–Crippen MR) is 139 cm³/mol.